The standard InChI is InChI=1S/C38H23N3S/c1-3-13-31-28(10-1)29-11-2-4-14-32(29)36-35(31)40-38(25-9-8-22-39-23-25)41(36)26-20-18-24(19-21-26)27-15-7-16-33-30-12-5-6-17-34(30)42-37(27)33/h1-23H. The van der Waals surface area contributed by atoms with E-state index in [1.54, 1.807) is 0 Å². The maximum Gasteiger partial charge on any atom is 0.147 e. The summed E-state index contributed by atoms with van der Waals surface area (Å²) < 4.78 is 4.96. The van der Waals surface area contributed by atoms with E-state index in [0.717, 1.165) is 33.5 Å². The van der Waals surface area contributed by atoms with Crippen LogP contribution < -0.4 is 0 Å². The second-order valence-electron chi connectivity index (χ2n) is 10.6. The molecule has 0 aliphatic heterocycles. The van der Waals surface area contributed by atoms with Crippen molar-refractivity contribution in [3.8, 4) is 28.2 Å². The summed E-state index contributed by atoms with van der Waals surface area (Å²) in [5, 5.41) is 7.43. The topological polar surface area (TPSA) is 30.7 Å². The molecule has 0 spiro atoms. The van der Waals surface area contributed by atoms with Crippen molar-refractivity contribution >= 4 is 64.1 Å². The Morgan fingerprint density at radius 3 is 2.00 bits per heavy atom. The highest BCUT2D eigenvalue weighted by atomic mass is 32.1. The molecule has 0 N–H and O–H groups in total. The van der Waals surface area contributed by atoms with Gasteiger partial charge in [-0.05, 0) is 52.2 Å². The van der Waals surface area contributed by atoms with Gasteiger partial charge in [0.1, 0.15) is 5.82 Å². The van der Waals surface area contributed by atoms with E-state index in [1.807, 2.05) is 29.8 Å². The smallest absolute Gasteiger partial charge is 0.147 e. The number of imidazole rings is 1. The maximum absolute atomic E-state index is 5.31. The van der Waals surface area contributed by atoms with Gasteiger partial charge in [-0.25, -0.2) is 4.98 Å². The SMILES string of the molecule is c1cncc(-c2nc3c4ccccc4c4ccccc4c3n2-c2ccc(-c3cccc4c3sc3ccccc34)cc2)c1. The predicted octanol–water partition coefficient (Wildman–Crippen LogP) is 10.4. The number of rotatable bonds is 3. The molecule has 3 nitrogen and oxygen atoms in total. The van der Waals surface area contributed by atoms with Gasteiger partial charge >= 0.3 is 0 Å². The molecule has 3 heterocycles. The van der Waals surface area contributed by atoms with E-state index in [4.69, 9.17) is 4.98 Å². The van der Waals surface area contributed by atoms with Gasteiger partial charge in [0.2, 0.25) is 0 Å². The molecule has 0 unspecified atom stereocenters. The first-order chi connectivity index (χ1) is 20.8. The largest absolute Gasteiger partial charge is 0.292 e. The summed E-state index contributed by atoms with van der Waals surface area (Å²) >= 11 is 1.87. The molecule has 0 fully saturated rings. The Bertz CT molecular complexity index is 2450. The molecule has 0 aliphatic carbocycles. The van der Waals surface area contributed by atoms with Crippen LogP contribution in [0.15, 0.2) is 140 Å². The van der Waals surface area contributed by atoms with Crippen LogP contribution in [0.1, 0.15) is 0 Å². The molecular weight excluding hydrogens is 531 g/mol. The third-order valence-electron chi connectivity index (χ3n) is 8.29. The molecule has 9 aromatic rings. The highest BCUT2D eigenvalue weighted by Crippen LogP contribution is 2.41. The summed E-state index contributed by atoms with van der Waals surface area (Å²) in [5.41, 5.74) is 6.65. The number of hydrogen-bond acceptors (Lipinski definition) is 3. The quantitative estimate of drug-likeness (QED) is 0.204. The summed E-state index contributed by atoms with van der Waals surface area (Å²) in [6, 6.07) is 45.6. The van der Waals surface area contributed by atoms with E-state index in [0.29, 0.717) is 0 Å². The molecule has 0 atom stereocenters. The van der Waals surface area contributed by atoms with Crippen LogP contribution in [0.2, 0.25) is 0 Å². The Hall–Kier alpha value is -5.32. The average Bonchev–Trinajstić information content (AvgIpc) is 3.65. The number of aromatic nitrogens is 3. The number of benzene rings is 6. The van der Waals surface area contributed by atoms with Crippen LogP contribution in [-0.2, 0) is 0 Å². The summed E-state index contributed by atoms with van der Waals surface area (Å²) in [6.45, 7) is 0. The fourth-order valence-electron chi connectivity index (χ4n) is 6.41. The van der Waals surface area contributed by atoms with Crippen molar-refractivity contribution in [1.82, 2.24) is 14.5 Å². The third-order valence-corrected chi connectivity index (χ3v) is 9.51. The monoisotopic (exact) mass is 553 g/mol. The lowest BCUT2D eigenvalue weighted by Gasteiger charge is -2.13. The summed E-state index contributed by atoms with van der Waals surface area (Å²) in [4.78, 5) is 9.75. The normalized spacial score (nSPS) is 11.8. The molecule has 42 heavy (non-hydrogen) atoms. The van der Waals surface area contributed by atoms with Crippen LogP contribution >= 0.6 is 11.3 Å². The first kappa shape index (κ1) is 23.4. The van der Waals surface area contributed by atoms with E-state index in [9.17, 15) is 0 Å². The Balaban J connectivity index is 1.31. The fraction of sp³-hybridized carbons (Fsp3) is 0. The lowest BCUT2D eigenvalue weighted by molar-refractivity contribution is 1.10. The van der Waals surface area contributed by atoms with E-state index in [1.165, 1.54) is 47.5 Å². The van der Waals surface area contributed by atoms with Gasteiger partial charge < -0.3 is 0 Å². The van der Waals surface area contributed by atoms with Gasteiger partial charge in [0.25, 0.3) is 0 Å². The van der Waals surface area contributed by atoms with Crippen molar-refractivity contribution in [3.05, 3.63) is 140 Å². The lowest BCUT2D eigenvalue weighted by atomic mass is 9.99. The maximum atomic E-state index is 5.31. The minimum atomic E-state index is 0.888. The second kappa shape index (κ2) is 9.10. The molecule has 0 amide bonds. The van der Waals surface area contributed by atoms with Crippen molar-refractivity contribution < 1.29 is 0 Å². The van der Waals surface area contributed by atoms with Crippen molar-refractivity contribution in [2.45, 2.75) is 0 Å². The molecule has 0 bridgehead atoms. The summed E-state index contributed by atoms with van der Waals surface area (Å²) in [5.74, 6) is 0.888. The highest BCUT2D eigenvalue weighted by Gasteiger charge is 2.20. The summed E-state index contributed by atoms with van der Waals surface area (Å²) in [7, 11) is 0. The Morgan fingerprint density at radius 1 is 0.524 bits per heavy atom. The van der Waals surface area contributed by atoms with Crippen LogP contribution in [0, 0.1) is 0 Å². The molecule has 0 aliphatic rings. The summed E-state index contributed by atoms with van der Waals surface area (Å²) in [6.07, 6.45) is 3.71. The minimum absolute atomic E-state index is 0.888. The molecule has 9 rings (SSSR count). The van der Waals surface area contributed by atoms with Crippen LogP contribution in [0.3, 0.4) is 0 Å². The predicted molar refractivity (Wildman–Crippen MR) is 178 cm³/mol. The van der Waals surface area contributed by atoms with E-state index in [-0.39, 0.29) is 0 Å². The third kappa shape index (κ3) is 3.39. The van der Waals surface area contributed by atoms with Crippen LogP contribution in [0.25, 0.3) is 81.0 Å². The van der Waals surface area contributed by atoms with Crippen molar-refractivity contribution in [1.29, 1.82) is 0 Å². The molecule has 6 aromatic carbocycles. The Morgan fingerprint density at radius 2 is 1.21 bits per heavy atom. The molecule has 0 radical (unpaired) electrons. The number of pyridine rings is 1. The van der Waals surface area contributed by atoms with Crippen LogP contribution in [0.4, 0.5) is 0 Å². The van der Waals surface area contributed by atoms with E-state index < -0.39 is 0 Å². The first-order valence-electron chi connectivity index (χ1n) is 14.1. The lowest BCUT2D eigenvalue weighted by Crippen LogP contribution is -1.98. The van der Waals surface area contributed by atoms with E-state index >= 15 is 0 Å². The van der Waals surface area contributed by atoms with Crippen molar-refractivity contribution in [2.24, 2.45) is 0 Å². The van der Waals surface area contributed by atoms with Crippen LogP contribution in [-0.4, -0.2) is 14.5 Å². The average molecular weight is 554 g/mol. The zero-order valence-corrected chi connectivity index (χ0v) is 23.3. The molecular formula is C38H23N3S. The van der Waals surface area contributed by atoms with Gasteiger partial charge in [-0.15, -0.1) is 11.3 Å². The van der Waals surface area contributed by atoms with Crippen LogP contribution in [0.5, 0.6) is 0 Å². The molecule has 0 saturated carbocycles. The molecule has 3 aromatic heterocycles. The number of fused-ring (bicyclic) bond motifs is 9. The Kier molecular flexibility index (Phi) is 5.07. The van der Waals surface area contributed by atoms with Gasteiger partial charge in [0.15, 0.2) is 0 Å². The zero-order valence-electron chi connectivity index (χ0n) is 22.5. The van der Waals surface area contributed by atoms with E-state index in [2.05, 4.69) is 131 Å². The second-order valence-corrected chi connectivity index (χ2v) is 11.7. The number of hydrogen-bond donors (Lipinski definition) is 0. The van der Waals surface area contributed by atoms with Gasteiger partial charge in [-0.2, -0.15) is 0 Å². The highest BCUT2D eigenvalue weighted by molar-refractivity contribution is 7.26. The van der Waals surface area contributed by atoms with Gasteiger partial charge in [0, 0.05) is 54.6 Å². The number of nitrogens with zero attached hydrogens (tertiary/aromatic N) is 3. The Labute approximate surface area is 246 Å². The molecule has 4 heteroatoms. The fourth-order valence-corrected chi connectivity index (χ4v) is 7.65. The molecule has 0 saturated heterocycles. The zero-order chi connectivity index (χ0) is 27.6. The molecule has 196 valence electrons. The van der Waals surface area contributed by atoms with Gasteiger partial charge in [0.05, 0.1) is 11.0 Å². The van der Waals surface area contributed by atoms with Gasteiger partial charge in [-0.1, -0.05) is 97.1 Å². The first-order valence-corrected chi connectivity index (χ1v) is 14.9. The van der Waals surface area contributed by atoms with Gasteiger partial charge in [-0.3, -0.25) is 9.55 Å². The van der Waals surface area contributed by atoms with Crippen molar-refractivity contribution in [2.75, 3.05) is 0 Å². The minimum Gasteiger partial charge on any atom is -0.292 e. The number of thiophene rings is 1. The van der Waals surface area contributed by atoms with Crippen molar-refractivity contribution in [3.63, 3.8) is 0 Å².